The average Bonchev–Trinajstić information content (AvgIpc) is 3.00. The first-order valence-corrected chi connectivity index (χ1v) is 7.31. The van der Waals surface area contributed by atoms with Crippen molar-refractivity contribution in [2.24, 2.45) is 0 Å². The second kappa shape index (κ2) is 6.99. The normalized spacial score (nSPS) is 10.6. The number of hydrogen-bond donors (Lipinski definition) is 1. The van der Waals surface area contributed by atoms with E-state index in [2.05, 4.69) is 10.3 Å². The third kappa shape index (κ3) is 3.81. The summed E-state index contributed by atoms with van der Waals surface area (Å²) in [6, 6.07) is 9.93. The second-order valence-electron chi connectivity index (χ2n) is 5.09. The smallest absolute Gasteiger partial charge is 0.258 e. The van der Waals surface area contributed by atoms with Gasteiger partial charge in [0, 0.05) is 18.5 Å². The van der Waals surface area contributed by atoms with Gasteiger partial charge in [-0.2, -0.15) is 0 Å². The number of methoxy groups -OCH3 is 1. The van der Waals surface area contributed by atoms with Gasteiger partial charge in [0.1, 0.15) is 23.0 Å². The Morgan fingerprint density at radius 2 is 2.08 bits per heavy atom. The minimum Gasteiger partial charge on any atom is -0.497 e. The number of fused-ring (bicyclic) bond motifs is 1. The minimum absolute atomic E-state index is 0.116. The number of imidazole rings is 1. The number of ether oxygens (including phenoxy) is 2. The van der Waals surface area contributed by atoms with Crippen molar-refractivity contribution >= 4 is 11.6 Å². The van der Waals surface area contributed by atoms with Crippen molar-refractivity contribution in [2.45, 2.75) is 6.54 Å². The molecule has 0 unspecified atom stereocenters. The van der Waals surface area contributed by atoms with Crippen LogP contribution in [0, 0.1) is 5.82 Å². The molecule has 0 saturated heterocycles. The molecule has 0 aliphatic rings. The Hall–Kier alpha value is -3.09. The van der Waals surface area contributed by atoms with Gasteiger partial charge in [-0.15, -0.1) is 0 Å². The van der Waals surface area contributed by atoms with Crippen LogP contribution >= 0.6 is 0 Å². The Morgan fingerprint density at radius 3 is 2.92 bits per heavy atom. The fraction of sp³-hybridized carbons (Fsp3) is 0.176. The SMILES string of the molecule is COc1cccc(OCC(=O)NCc2cn3cc(F)ccc3n2)c1. The molecule has 1 N–H and O–H groups in total. The number of carbonyl (C=O) groups is 1. The van der Waals surface area contributed by atoms with Crippen LogP contribution in [0.4, 0.5) is 4.39 Å². The maximum absolute atomic E-state index is 13.1. The van der Waals surface area contributed by atoms with Crippen LogP contribution in [0.1, 0.15) is 5.69 Å². The third-order valence-electron chi connectivity index (χ3n) is 3.34. The number of halogens is 1. The molecule has 0 aliphatic carbocycles. The van der Waals surface area contributed by atoms with E-state index in [-0.39, 0.29) is 24.9 Å². The van der Waals surface area contributed by atoms with Gasteiger partial charge < -0.3 is 19.2 Å². The van der Waals surface area contributed by atoms with E-state index >= 15 is 0 Å². The summed E-state index contributed by atoms with van der Waals surface area (Å²) < 4.78 is 25.2. The van der Waals surface area contributed by atoms with Gasteiger partial charge >= 0.3 is 0 Å². The number of amides is 1. The lowest BCUT2D eigenvalue weighted by molar-refractivity contribution is -0.123. The molecule has 0 atom stereocenters. The largest absolute Gasteiger partial charge is 0.497 e. The van der Waals surface area contributed by atoms with Gasteiger partial charge in [-0.25, -0.2) is 9.37 Å². The van der Waals surface area contributed by atoms with Gasteiger partial charge in [-0.1, -0.05) is 6.07 Å². The molecule has 6 nitrogen and oxygen atoms in total. The van der Waals surface area contributed by atoms with E-state index in [1.807, 2.05) is 0 Å². The quantitative estimate of drug-likeness (QED) is 0.753. The summed E-state index contributed by atoms with van der Waals surface area (Å²) in [5.74, 6) is 0.584. The number of hydrogen-bond acceptors (Lipinski definition) is 4. The van der Waals surface area contributed by atoms with Crippen LogP contribution < -0.4 is 14.8 Å². The molecule has 0 aliphatic heterocycles. The third-order valence-corrected chi connectivity index (χ3v) is 3.34. The number of nitrogens with one attached hydrogen (secondary N) is 1. The molecule has 1 aromatic carbocycles. The summed E-state index contributed by atoms with van der Waals surface area (Å²) in [4.78, 5) is 16.1. The zero-order chi connectivity index (χ0) is 16.9. The Bertz CT molecular complexity index is 863. The first kappa shape index (κ1) is 15.8. The lowest BCUT2D eigenvalue weighted by atomic mass is 10.3. The molecule has 2 aromatic heterocycles. The molecular weight excluding hydrogens is 313 g/mol. The molecule has 124 valence electrons. The van der Waals surface area contributed by atoms with E-state index in [9.17, 15) is 9.18 Å². The van der Waals surface area contributed by atoms with E-state index in [0.717, 1.165) is 0 Å². The Morgan fingerprint density at radius 1 is 1.25 bits per heavy atom. The summed E-state index contributed by atoms with van der Waals surface area (Å²) >= 11 is 0. The van der Waals surface area contributed by atoms with Gasteiger partial charge in [-0.3, -0.25) is 4.79 Å². The van der Waals surface area contributed by atoms with E-state index in [0.29, 0.717) is 22.8 Å². The van der Waals surface area contributed by atoms with Crippen molar-refractivity contribution in [1.29, 1.82) is 0 Å². The summed E-state index contributed by atoms with van der Waals surface area (Å²) in [6.07, 6.45) is 3.00. The Labute approximate surface area is 137 Å². The molecule has 2 heterocycles. The van der Waals surface area contributed by atoms with E-state index in [1.54, 1.807) is 48.0 Å². The predicted octanol–water partition coefficient (Wildman–Crippen LogP) is 2.18. The van der Waals surface area contributed by atoms with E-state index in [4.69, 9.17) is 9.47 Å². The predicted molar refractivity (Wildman–Crippen MR) is 85.5 cm³/mol. The van der Waals surface area contributed by atoms with Crippen molar-refractivity contribution in [3.05, 3.63) is 60.3 Å². The molecule has 0 spiro atoms. The number of pyridine rings is 1. The minimum atomic E-state index is -0.345. The van der Waals surface area contributed by atoms with Crippen LogP contribution in [0.5, 0.6) is 11.5 Å². The van der Waals surface area contributed by atoms with Crippen LogP contribution in [0.25, 0.3) is 5.65 Å². The lowest BCUT2D eigenvalue weighted by Crippen LogP contribution is -2.28. The highest BCUT2D eigenvalue weighted by Gasteiger charge is 2.06. The molecule has 0 fully saturated rings. The molecule has 3 rings (SSSR count). The summed E-state index contributed by atoms with van der Waals surface area (Å²) in [5.41, 5.74) is 1.25. The van der Waals surface area contributed by atoms with Crippen LogP contribution in [-0.2, 0) is 11.3 Å². The zero-order valence-electron chi connectivity index (χ0n) is 13.0. The van der Waals surface area contributed by atoms with Crippen molar-refractivity contribution in [3.63, 3.8) is 0 Å². The molecule has 24 heavy (non-hydrogen) atoms. The molecule has 0 radical (unpaired) electrons. The molecule has 7 heteroatoms. The number of nitrogens with zero attached hydrogens (tertiary/aromatic N) is 2. The second-order valence-corrected chi connectivity index (χ2v) is 5.09. The van der Waals surface area contributed by atoms with Gasteiger partial charge in [0.15, 0.2) is 6.61 Å². The van der Waals surface area contributed by atoms with Gasteiger partial charge in [0.05, 0.1) is 19.3 Å². The average molecular weight is 329 g/mol. The molecular formula is C17H16FN3O3. The summed E-state index contributed by atoms with van der Waals surface area (Å²) in [6.45, 7) is 0.124. The highest BCUT2D eigenvalue weighted by Crippen LogP contribution is 2.18. The molecule has 1 amide bonds. The summed E-state index contributed by atoms with van der Waals surface area (Å²) in [7, 11) is 1.56. The van der Waals surface area contributed by atoms with E-state index in [1.165, 1.54) is 12.3 Å². The fourth-order valence-corrected chi connectivity index (χ4v) is 2.18. The Kier molecular flexibility index (Phi) is 4.60. The van der Waals surface area contributed by atoms with E-state index < -0.39 is 0 Å². The van der Waals surface area contributed by atoms with Crippen molar-refractivity contribution in [1.82, 2.24) is 14.7 Å². The first-order valence-electron chi connectivity index (χ1n) is 7.31. The zero-order valence-corrected chi connectivity index (χ0v) is 13.0. The monoisotopic (exact) mass is 329 g/mol. The number of aromatic nitrogens is 2. The highest BCUT2D eigenvalue weighted by molar-refractivity contribution is 5.77. The number of benzene rings is 1. The van der Waals surface area contributed by atoms with Gasteiger partial charge in [0.25, 0.3) is 5.91 Å². The summed E-state index contributed by atoms with van der Waals surface area (Å²) in [5, 5.41) is 2.71. The van der Waals surface area contributed by atoms with Crippen molar-refractivity contribution < 1.29 is 18.7 Å². The molecule has 0 saturated carbocycles. The van der Waals surface area contributed by atoms with Crippen LogP contribution in [0.3, 0.4) is 0 Å². The number of rotatable bonds is 6. The standard InChI is InChI=1S/C17H16FN3O3/c1-23-14-3-2-4-15(7-14)24-11-17(22)19-8-13-10-21-9-12(18)5-6-16(21)20-13/h2-7,9-10H,8,11H2,1H3,(H,19,22). The lowest BCUT2D eigenvalue weighted by Gasteiger charge is -2.07. The van der Waals surface area contributed by atoms with Gasteiger partial charge in [0.2, 0.25) is 0 Å². The first-order chi connectivity index (χ1) is 11.6. The molecule has 3 aromatic rings. The fourth-order valence-electron chi connectivity index (χ4n) is 2.18. The van der Waals surface area contributed by atoms with Crippen LogP contribution in [0.2, 0.25) is 0 Å². The molecule has 0 bridgehead atoms. The maximum atomic E-state index is 13.1. The Balaban J connectivity index is 1.52. The van der Waals surface area contributed by atoms with Crippen LogP contribution in [-0.4, -0.2) is 29.0 Å². The highest BCUT2D eigenvalue weighted by atomic mass is 19.1. The number of carbonyl (C=O) groups excluding carboxylic acids is 1. The van der Waals surface area contributed by atoms with Crippen molar-refractivity contribution in [2.75, 3.05) is 13.7 Å². The van der Waals surface area contributed by atoms with Crippen molar-refractivity contribution in [3.8, 4) is 11.5 Å². The van der Waals surface area contributed by atoms with Crippen LogP contribution in [0.15, 0.2) is 48.8 Å². The topological polar surface area (TPSA) is 64.9 Å². The maximum Gasteiger partial charge on any atom is 0.258 e. The van der Waals surface area contributed by atoms with Gasteiger partial charge in [-0.05, 0) is 24.3 Å².